The summed E-state index contributed by atoms with van der Waals surface area (Å²) >= 11 is 7.22. The number of thiophene rings is 1. The summed E-state index contributed by atoms with van der Waals surface area (Å²) in [6, 6.07) is 3.75. The van der Waals surface area contributed by atoms with Crippen LogP contribution in [0.4, 0.5) is 0 Å². The van der Waals surface area contributed by atoms with E-state index in [4.69, 9.17) is 11.6 Å². The largest absolute Gasteiger partial charge is 0.310 e. The summed E-state index contributed by atoms with van der Waals surface area (Å²) in [6.07, 6.45) is 1.74. The third-order valence-electron chi connectivity index (χ3n) is 1.93. The standard InChI is InChI=1S/C10H8ClNOS/c1-7(11)6-12-4-2-9-8(10(12)13)3-5-14-9/h2-5H,1,6H2. The molecule has 2 aromatic rings. The van der Waals surface area contributed by atoms with Gasteiger partial charge in [-0.05, 0) is 17.5 Å². The van der Waals surface area contributed by atoms with E-state index in [1.54, 1.807) is 22.1 Å². The Labute approximate surface area is 90.1 Å². The molecular weight excluding hydrogens is 218 g/mol. The maximum absolute atomic E-state index is 11.8. The molecule has 14 heavy (non-hydrogen) atoms. The second kappa shape index (κ2) is 3.59. The molecule has 0 saturated heterocycles. The van der Waals surface area contributed by atoms with Gasteiger partial charge in [0.05, 0.1) is 11.9 Å². The Bertz CT molecular complexity index is 540. The lowest BCUT2D eigenvalue weighted by Gasteiger charge is -2.02. The number of fused-ring (bicyclic) bond motifs is 1. The zero-order valence-electron chi connectivity index (χ0n) is 7.37. The van der Waals surface area contributed by atoms with E-state index in [0.29, 0.717) is 11.6 Å². The molecule has 0 bridgehead atoms. The van der Waals surface area contributed by atoms with Gasteiger partial charge in [0.25, 0.3) is 5.56 Å². The normalized spacial score (nSPS) is 10.6. The molecule has 0 unspecified atom stereocenters. The fourth-order valence-corrected chi connectivity index (χ4v) is 2.22. The van der Waals surface area contributed by atoms with Crippen molar-refractivity contribution >= 4 is 33.0 Å². The van der Waals surface area contributed by atoms with Crippen LogP contribution in [-0.4, -0.2) is 4.57 Å². The van der Waals surface area contributed by atoms with E-state index in [1.165, 1.54) is 0 Å². The number of pyridine rings is 1. The molecule has 0 fully saturated rings. The smallest absolute Gasteiger partial charge is 0.259 e. The molecule has 0 aliphatic carbocycles. The number of halogens is 1. The van der Waals surface area contributed by atoms with Crippen LogP contribution in [0.1, 0.15) is 0 Å². The average molecular weight is 226 g/mol. The van der Waals surface area contributed by atoms with Crippen LogP contribution in [0.2, 0.25) is 0 Å². The molecule has 0 aliphatic heterocycles. The fraction of sp³-hybridized carbons (Fsp3) is 0.100. The van der Waals surface area contributed by atoms with Crippen molar-refractivity contribution in [3.05, 3.63) is 45.7 Å². The zero-order chi connectivity index (χ0) is 10.1. The Kier molecular flexibility index (Phi) is 2.44. The first-order valence-corrected chi connectivity index (χ1v) is 5.34. The van der Waals surface area contributed by atoms with Gasteiger partial charge in [0.1, 0.15) is 0 Å². The third-order valence-corrected chi connectivity index (χ3v) is 2.94. The Morgan fingerprint density at radius 2 is 2.36 bits per heavy atom. The first-order valence-electron chi connectivity index (χ1n) is 4.08. The van der Waals surface area contributed by atoms with E-state index in [9.17, 15) is 4.79 Å². The van der Waals surface area contributed by atoms with Crippen LogP contribution in [0.15, 0.2) is 40.1 Å². The summed E-state index contributed by atoms with van der Waals surface area (Å²) in [6.45, 7) is 3.93. The van der Waals surface area contributed by atoms with Gasteiger partial charge in [-0.2, -0.15) is 0 Å². The molecule has 2 aromatic heterocycles. The second-order valence-corrected chi connectivity index (χ2v) is 4.45. The highest BCUT2D eigenvalue weighted by molar-refractivity contribution is 7.17. The molecular formula is C10H8ClNOS. The summed E-state index contributed by atoms with van der Waals surface area (Å²) in [5, 5.41) is 3.11. The maximum atomic E-state index is 11.8. The van der Waals surface area contributed by atoms with Crippen molar-refractivity contribution in [3.63, 3.8) is 0 Å². The number of hydrogen-bond acceptors (Lipinski definition) is 2. The molecule has 2 nitrogen and oxygen atoms in total. The van der Waals surface area contributed by atoms with Gasteiger partial charge in [-0.15, -0.1) is 11.3 Å². The quantitative estimate of drug-likeness (QED) is 0.771. The molecule has 72 valence electrons. The molecule has 0 N–H and O–H groups in total. The van der Waals surface area contributed by atoms with Gasteiger partial charge in [0.15, 0.2) is 0 Å². The minimum Gasteiger partial charge on any atom is -0.310 e. The van der Waals surface area contributed by atoms with Crippen LogP contribution >= 0.6 is 22.9 Å². The summed E-state index contributed by atoms with van der Waals surface area (Å²) in [5.74, 6) is 0. The van der Waals surface area contributed by atoms with Crippen molar-refractivity contribution in [2.45, 2.75) is 6.54 Å². The topological polar surface area (TPSA) is 22.0 Å². The van der Waals surface area contributed by atoms with E-state index in [0.717, 1.165) is 10.1 Å². The molecule has 0 radical (unpaired) electrons. The Morgan fingerprint density at radius 1 is 1.57 bits per heavy atom. The molecule has 0 spiro atoms. The van der Waals surface area contributed by atoms with E-state index in [2.05, 4.69) is 6.58 Å². The summed E-state index contributed by atoms with van der Waals surface area (Å²) < 4.78 is 2.57. The Hall–Kier alpha value is -1.06. The van der Waals surface area contributed by atoms with Crippen molar-refractivity contribution in [3.8, 4) is 0 Å². The second-order valence-electron chi connectivity index (χ2n) is 2.96. The van der Waals surface area contributed by atoms with Gasteiger partial charge < -0.3 is 4.57 Å². The third kappa shape index (κ3) is 1.61. The number of allylic oxidation sites excluding steroid dienone is 1. The molecule has 2 rings (SSSR count). The lowest BCUT2D eigenvalue weighted by molar-refractivity contribution is 0.781. The number of aromatic nitrogens is 1. The van der Waals surface area contributed by atoms with Crippen LogP contribution in [-0.2, 0) is 6.54 Å². The zero-order valence-corrected chi connectivity index (χ0v) is 8.94. The average Bonchev–Trinajstić information content (AvgIpc) is 2.57. The van der Waals surface area contributed by atoms with E-state index in [-0.39, 0.29) is 5.56 Å². The highest BCUT2D eigenvalue weighted by atomic mass is 35.5. The van der Waals surface area contributed by atoms with Gasteiger partial charge in [0.2, 0.25) is 0 Å². The minimum absolute atomic E-state index is 0.00875. The van der Waals surface area contributed by atoms with Crippen molar-refractivity contribution in [2.24, 2.45) is 0 Å². The monoisotopic (exact) mass is 225 g/mol. The number of hydrogen-bond donors (Lipinski definition) is 0. The molecule has 0 aliphatic rings. The van der Waals surface area contributed by atoms with Gasteiger partial charge in [-0.1, -0.05) is 18.2 Å². The summed E-state index contributed by atoms with van der Waals surface area (Å²) in [5.41, 5.74) is -0.00875. The van der Waals surface area contributed by atoms with Crippen LogP contribution in [0.5, 0.6) is 0 Å². The lowest BCUT2D eigenvalue weighted by atomic mass is 10.3. The van der Waals surface area contributed by atoms with E-state index < -0.39 is 0 Å². The van der Waals surface area contributed by atoms with Gasteiger partial charge >= 0.3 is 0 Å². The van der Waals surface area contributed by atoms with Gasteiger partial charge in [-0.25, -0.2) is 0 Å². The van der Waals surface area contributed by atoms with E-state index in [1.807, 2.05) is 17.5 Å². The Morgan fingerprint density at radius 3 is 3.07 bits per heavy atom. The molecule has 0 saturated carbocycles. The lowest BCUT2D eigenvalue weighted by Crippen LogP contribution is -2.18. The van der Waals surface area contributed by atoms with Gasteiger partial charge in [0, 0.05) is 15.9 Å². The number of rotatable bonds is 2. The molecule has 0 amide bonds. The van der Waals surface area contributed by atoms with Crippen molar-refractivity contribution in [1.29, 1.82) is 0 Å². The molecule has 0 aromatic carbocycles. The van der Waals surface area contributed by atoms with Crippen molar-refractivity contribution in [1.82, 2.24) is 4.57 Å². The molecule has 0 atom stereocenters. The Balaban J connectivity index is 2.62. The highest BCUT2D eigenvalue weighted by Crippen LogP contribution is 2.16. The van der Waals surface area contributed by atoms with Crippen molar-refractivity contribution in [2.75, 3.05) is 0 Å². The maximum Gasteiger partial charge on any atom is 0.259 e. The first-order chi connectivity index (χ1) is 6.68. The predicted molar refractivity (Wildman–Crippen MR) is 61.1 cm³/mol. The van der Waals surface area contributed by atoms with Crippen LogP contribution in [0.25, 0.3) is 10.1 Å². The summed E-state index contributed by atoms with van der Waals surface area (Å²) in [4.78, 5) is 11.8. The van der Waals surface area contributed by atoms with Crippen LogP contribution in [0.3, 0.4) is 0 Å². The predicted octanol–water partition coefficient (Wildman–Crippen LogP) is 2.82. The van der Waals surface area contributed by atoms with Crippen molar-refractivity contribution < 1.29 is 0 Å². The molecule has 2 heterocycles. The van der Waals surface area contributed by atoms with E-state index >= 15 is 0 Å². The van der Waals surface area contributed by atoms with Crippen LogP contribution in [0, 0.1) is 0 Å². The van der Waals surface area contributed by atoms with Gasteiger partial charge in [-0.3, -0.25) is 4.79 Å². The SMILES string of the molecule is C=C(Cl)Cn1ccc2sccc2c1=O. The van der Waals surface area contributed by atoms with Crippen LogP contribution < -0.4 is 5.56 Å². The highest BCUT2D eigenvalue weighted by Gasteiger charge is 2.03. The minimum atomic E-state index is -0.00875. The fourth-order valence-electron chi connectivity index (χ4n) is 1.32. The first kappa shape index (κ1) is 9.49. The number of nitrogens with zero attached hydrogens (tertiary/aromatic N) is 1. The summed E-state index contributed by atoms with van der Waals surface area (Å²) in [7, 11) is 0. The molecule has 4 heteroatoms.